The van der Waals surface area contributed by atoms with Crippen LogP contribution in [0.1, 0.15) is 15.9 Å². The van der Waals surface area contributed by atoms with E-state index in [1.807, 2.05) is 49.4 Å². The third kappa shape index (κ3) is 3.97. The molecule has 4 aromatic rings. The van der Waals surface area contributed by atoms with Crippen molar-refractivity contribution in [2.45, 2.75) is 12.1 Å². The number of ketones is 1. The average Bonchev–Trinajstić information content (AvgIpc) is 2.79. The van der Waals surface area contributed by atoms with E-state index in [4.69, 9.17) is 0 Å². The molecule has 0 saturated carbocycles. The summed E-state index contributed by atoms with van der Waals surface area (Å²) in [6, 6.07) is 39.9. The van der Waals surface area contributed by atoms with Gasteiger partial charge in [-0.25, -0.2) is 0 Å². The number of rotatable bonds is 6. The van der Waals surface area contributed by atoms with Crippen molar-refractivity contribution >= 4 is 32.4 Å². The van der Waals surface area contributed by atoms with Gasteiger partial charge in [0.05, 0.1) is 0 Å². The summed E-state index contributed by atoms with van der Waals surface area (Å²) in [5.41, 5.74) is 1.96. The van der Waals surface area contributed by atoms with Crippen LogP contribution >= 0.6 is 0 Å². The van der Waals surface area contributed by atoms with Crippen LogP contribution in [0.5, 0.6) is 0 Å². The molecule has 0 atom stereocenters. The first-order chi connectivity index (χ1) is 14.2. The Hall–Kier alpha value is -2.89. The van der Waals surface area contributed by atoms with Gasteiger partial charge in [-0.15, -0.1) is 0 Å². The maximum atomic E-state index is 13.5. The molecule has 0 bridgehead atoms. The Morgan fingerprint density at radius 1 is 0.586 bits per heavy atom. The number of hydrogen-bond acceptors (Lipinski definition) is 1. The van der Waals surface area contributed by atoms with Gasteiger partial charge < -0.3 is 0 Å². The van der Waals surface area contributed by atoms with Gasteiger partial charge in [-0.3, -0.25) is 0 Å². The van der Waals surface area contributed by atoms with Gasteiger partial charge in [0.2, 0.25) is 0 Å². The van der Waals surface area contributed by atoms with Crippen molar-refractivity contribution in [3.8, 4) is 0 Å². The van der Waals surface area contributed by atoms with Gasteiger partial charge in [0.15, 0.2) is 0 Å². The number of aryl methyl sites for hydroxylation is 1. The van der Waals surface area contributed by atoms with Crippen molar-refractivity contribution in [2.75, 3.05) is 0 Å². The van der Waals surface area contributed by atoms with E-state index in [9.17, 15) is 4.79 Å². The molecule has 0 amide bonds. The van der Waals surface area contributed by atoms with E-state index in [-0.39, 0.29) is 5.78 Å². The van der Waals surface area contributed by atoms with E-state index >= 15 is 0 Å². The molecular weight excluding hydrogens is 415 g/mol. The summed E-state index contributed by atoms with van der Waals surface area (Å²) in [7, 11) is 0. The molecule has 0 aliphatic rings. The molecule has 142 valence electrons. The molecule has 0 aliphatic carbocycles. The molecule has 0 heterocycles. The van der Waals surface area contributed by atoms with E-state index in [1.165, 1.54) is 18.6 Å². The van der Waals surface area contributed by atoms with Crippen molar-refractivity contribution in [3.05, 3.63) is 126 Å². The molecule has 0 saturated heterocycles. The molecule has 0 fully saturated rings. The van der Waals surface area contributed by atoms with Crippen molar-refractivity contribution in [1.29, 1.82) is 0 Å². The summed E-state index contributed by atoms with van der Waals surface area (Å²) in [6.45, 7) is 2.05. The predicted molar refractivity (Wildman–Crippen MR) is 124 cm³/mol. The SMILES string of the molecule is Cc1ccc(C(=O)C[As+](c2ccccc2)(c2ccccc2)c2ccccc2)cc1. The molecule has 4 rings (SSSR count). The van der Waals surface area contributed by atoms with Gasteiger partial charge in [-0.1, -0.05) is 0 Å². The van der Waals surface area contributed by atoms with Crippen molar-refractivity contribution in [1.82, 2.24) is 0 Å². The zero-order valence-corrected chi connectivity index (χ0v) is 18.4. The fourth-order valence-electron chi connectivity index (χ4n) is 3.81. The predicted octanol–water partition coefficient (Wildman–Crippen LogP) is 4.35. The minimum absolute atomic E-state index is 0.217. The second-order valence-corrected chi connectivity index (χ2v) is 14.6. The first-order valence-corrected chi connectivity index (χ1v) is 14.0. The maximum absolute atomic E-state index is 13.5. The molecule has 0 aliphatic heterocycles. The molecule has 1 nitrogen and oxygen atoms in total. The average molecular weight is 439 g/mol. The Bertz CT molecular complexity index is 975. The van der Waals surface area contributed by atoms with Gasteiger partial charge in [0.25, 0.3) is 0 Å². The number of carbonyl (C=O) groups is 1. The molecule has 2 heteroatoms. The third-order valence-corrected chi connectivity index (χ3v) is 14.4. The van der Waals surface area contributed by atoms with Crippen LogP contribution in [0.3, 0.4) is 0 Å². The Balaban J connectivity index is 1.92. The zero-order valence-electron chi connectivity index (χ0n) is 16.5. The summed E-state index contributed by atoms with van der Waals surface area (Å²) in [5, 5.41) is 0.541. The summed E-state index contributed by atoms with van der Waals surface area (Å²) in [6.07, 6.45) is 0. The van der Waals surface area contributed by atoms with Crippen LogP contribution in [0, 0.1) is 6.92 Å². The molecule has 0 unspecified atom stereocenters. The van der Waals surface area contributed by atoms with E-state index in [0.717, 1.165) is 5.56 Å². The summed E-state index contributed by atoms with van der Waals surface area (Å²) in [5.74, 6) is 0.217. The normalized spacial score (nSPS) is 11.2. The van der Waals surface area contributed by atoms with E-state index in [1.54, 1.807) is 0 Å². The standard InChI is InChI=1S/C27H24AsO/c1-22-17-19-23(20-18-22)27(29)21-28(24-11-5-2-6-12-24,25-13-7-3-8-14-25)26-15-9-4-10-16-26/h2-20H,21H2,1H3/q+1. The Morgan fingerprint density at radius 3 is 1.34 bits per heavy atom. The molecule has 0 aromatic heterocycles. The number of hydrogen-bond donors (Lipinski definition) is 0. The van der Waals surface area contributed by atoms with E-state index in [2.05, 4.69) is 72.8 Å². The second kappa shape index (κ2) is 8.64. The molecule has 0 radical (unpaired) electrons. The Morgan fingerprint density at radius 2 is 0.966 bits per heavy atom. The van der Waals surface area contributed by atoms with Crippen LogP contribution in [-0.4, -0.2) is 19.3 Å². The monoisotopic (exact) mass is 439 g/mol. The quantitative estimate of drug-likeness (QED) is 0.323. The Kier molecular flexibility index (Phi) is 5.78. The summed E-state index contributed by atoms with van der Waals surface area (Å²) in [4.78, 5) is 13.5. The van der Waals surface area contributed by atoms with Gasteiger partial charge in [0.1, 0.15) is 0 Å². The zero-order chi connectivity index (χ0) is 20.1. The van der Waals surface area contributed by atoms with Crippen LogP contribution in [0.4, 0.5) is 0 Å². The first kappa shape index (κ1) is 19.4. The molecular formula is C27H24AsO+. The molecule has 0 spiro atoms. The number of Topliss-reactive ketones (excluding diaryl/α,β-unsaturated/α-hetero) is 1. The van der Waals surface area contributed by atoms with Crippen LogP contribution < -0.4 is 13.1 Å². The Labute approximate surface area is 175 Å². The van der Waals surface area contributed by atoms with Crippen LogP contribution in [0.25, 0.3) is 0 Å². The number of carbonyl (C=O) groups excluding carboxylic acids is 1. The summed E-state index contributed by atoms with van der Waals surface area (Å²) < 4.78 is 3.88. The van der Waals surface area contributed by atoms with Crippen LogP contribution in [0.15, 0.2) is 115 Å². The van der Waals surface area contributed by atoms with Crippen molar-refractivity contribution in [2.24, 2.45) is 0 Å². The van der Waals surface area contributed by atoms with Crippen LogP contribution in [-0.2, 0) is 0 Å². The topological polar surface area (TPSA) is 17.1 Å². The van der Waals surface area contributed by atoms with Gasteiger partial charge in [-0.2, -0.15) is 0 Å². The van der Waals surface area contributed by atoms with Crippen LogP contribution in [0.2, 0.25) is 5.21 Å². The van der Waals surface area contributed by atoms with E-state index < -0.39 is 13.6 Å². The van der Waals surface area contributed by atoms with Gasteiger partial charge in [-0.05, 0) is 0 Å². The fourth-order valence-corrected chi connectivity index (χ4v) is 12.4. The van der Waals surface area contributed by atoms with E-state index in [0.29, 0.717) is 5.21 Å². The van der Waals surface area contributed by atoms with Gasteiger partial charge >= 0.3 is 176 Å². The molecule has 0 N–H and O–H groups in total. The molecule has 4 aromatic carbocycles. The minimum atomic E-state index is -3.00. The first-order valence-electron chi connectivity index (χ1n) is 9.85. The molecule has 29 heavy (non-hydrogen) atoms. The third-order valence-electron chi connectivity index (χ3n) is 5.35. The van der Waals surface area contributed by atoms with Gasteiger partial charge in [0, 0.05) is 0 Å². The van der Waals surface area contributed by atoms with Crippen molar-refractivity contribution < 1.29 is 4.79 Å². The number of benzene rings is 4. The summed E-state index contributed by atoms with van der Waals surface area (Å²) >= 11 is -3.00. The second-order valence-electron chi connectivity index (χ2n) is 7.26. The fraction of sp³-hybridized carbons (Fsp3) is 0.0741. The van der Waals surface area contributed by atoms with Crippen molar-refractivity contribution in [3.63, 3.8) is 0 Å².